The number of ether oxygens (including phenoxy) is 1. The first-order chi connectivity index (χ1) is 15.8. The highest BCUT2D eigenvalue weighted by Gasteiger charge is 2.14. The van der Waals surface area contributed by atoms with Crippen molar-refractivity contribution in [3.05, 3.63) is 91.8 Å². The highest BCUT2D eigenvalue weighted by Crippen LogP contribution is 2.31. The molecule has 4 rings (SSSR count). The fourth-order valence-electron chi connectivity index (χ4n) is 3.01. The maximum absolute atomic E-state index is 12.6. The van der Waals surface area contributed by atoms with E-state index in [0.717, 1.165) is 11.3 Å². The molecule has 33 heavy (non-hydrogen) atoms. The first-order valence-corrected chi connectivity index (χ1v) is 11.2. The number of benzene rings is 2. The van der Waals surface area contributed by atoms with Crippen molar-refractivity contribution in [2.45, 2.75) is 20.2 Å². The number of aromatic nitrogens is 4. The first kappa shape index (κ1) is 23.4. The Morgan fingerprint density at radius 3 is 2.64 bits per heavy atom. The minimum absolute atomic E-state index is 0.0585. The van der Waals surface area contributed by atoms with Crippen LogP contribution < -0.4 is 10.1 Å². The summed E-state index contributed by atoms with van der Waals surface area (Å²) in [6.45, 7) is 2.39. The van der Waals surface area contributed by atoms with Crippen LogP contribution in [-0.4, -0.2) is 25.5 Å². The van der Waals surface area contributed by atoms with Crippen LogP contribution >= 0.6 is 46.4 Å². The summed E-state index contributed by atoms with van der Waals surface area (Å²) in [6, 6.07) is 13.7. The molecule has 0 aliphatic rings. The Labute approximate surface area is 209 Å². The lowest BCUT2D eigenvalue weighted by Crippen LogP contribution is -2.15. The van der Waals surface area contributed by atoms with E-state index in [-0.39, 0.29) is 12.4 Å². The van der Waals surface area contributed by atoms with Gasteiger partial charge in [-0.05, 0) is 42.8 Å². The number of aryl methyl sites for hydroxylation is 1. The molecule has 2 heterocycles. The van der Waals surface area contributed by atoms with E-state index < -0.39 is 5.91 Å². The van der Waals surface area contributed by atoms with Gasteiger partial charge < -0.3 is 10.1 Å². The highest BCUT2D eigenvalue weighted by molar-refractivity contribution is 6.42. The average molecular weight is 525 g/mol. The molecule has 2 aromatic carbocycles. The topological polar surface area (TPSA) is 74.0 Å². The molecule has 0 unspecified atom stereocenters. The summed E-state index contributed by atoms with van der Waals surface area (Å²) in [5.41, 5.74) is 1.93. The van der Waals surface area contributed by atoms with Crippen molar-refractivity contribution in [2.75, 3.05) is 5.32 Å². The lowest BCUT2D eigenvalue weighted by Gasteiger charge is -2.08. The number of hydrogen-bond donors (Lipinski definition) is 1. The fraction of sp³-hybridized carbons (Fsp3) is 0.136. The number of nitrogens with zero attached hydrogens (tertiary/aromatic N) is 4. The quantitative estimate of drug-likeness (QED) is 0.306. The van der Waals surface area contributed by atoms with Gasteiger partial charge in [0.2, 0.25) is 0 Å². The third kappa shape index (κ3) is 5.62. The van der Waals surface area contributed by atoms with Crippen molar-refractivity contribution >= 4 is 58.1 Å². The van der Waals surface area contributed by atoms with Gasteiger partial charge in [-0.2, -0.15) is 10.2 Å². The van der Waals surface area contributed by atoms with Gasteiger partial charge >= 0.3 is 0 Å². The molecule has 0 saturated heterocycles. The Kier molecular flexibility index (Phi) is 7.14. The Balaban J connectivity index is 1.39. The molecular weight excluding hydrogens is 508 g/mol. The van der Waals surface area contributed by atoms with Crippen LogP contribution in [0, 0.1) is 6.92 Å². The monoisotopic (exact) mass is 523 g/mol. The summed E-state index contributed by atoms with van der Waals surface area (Å²) in [5, 5.41) is 13.2. The van der Waals surface area contributed by atoms with Gasteiger partial charge in [0.1, 0.15) is 10.8 Å². The molecule has 170 valence electrons. The Hall–Kier alpha value is -2.71. The van der Waals surface area contributed by atoms with E-state index in [9.17, 15) is 4.79 Å². The largest absolute Gasteiger partial charge is 0.470 e. The van der Waals surface area contributed by atoms with Gasteiger partial charge in [0.15, 0.2) is 18.2 Å². The molecule has 4 aromatic rings. The summed E-state index contributed by atoms with van der Waals surface area (Å²) in [6.07, 6.45) is 1.62. The van der Waals surface area contributed by atoms with Crippen molar-refractivity contribution in [2.24, 2.45) is 0 Å². The van der Waals surface area contributed by atoms with E-state index in [1.165, 1.54) is 4.68 Å². The summed E-state index contributed by atoms with van der Waals surface area (Å²) in [7, 11) is 0. The maximum atomic E-state index is 12.6. The number of halogens is 4. The molecule has 0 fully saturated rings. The molecule has 0 radical (unpaired) electrons. The molecule has 2 aromatic heterocycles. The fourth-order valence-corrected chi connectivity index (χ4v) is 3.82. The predicted molar refractivity (Wildman–Crippen MR) is 130 cm³/mol. The van der Waals surface area contributed by atoms with Gasteiger partial charge in [-0.25, -0.2) is 4.68 Å². The van der Waals surface area contributed by atoms with Crippen molar-refractivity contribution in [1.29, 1.82) is 0 Å². The zero-order valence-corrected chi connectivity index (χ0v) is 20.3. The van der Waals surface area contributed by atoms with E-state index >= 15 is 0 Å². The maximum Gasteiger partial charge on any atom is 0.277 e. The van der Waals surface area contributed by atoms with Gasteiger partial charge in [0.05, 0.1) is 11.6 Å². The van der Waals surface area contributed by atoms with E-state index in [2.05, 4.69) is 15.5 Å². The molecule has 0 spiro atoms. The van der Waals surface area contributed by atoms with Crippen molar-refractivity contribution in [1.82, 2.24) is 19.6 Å². The van der Waals surface area contributed by atoms with Crippen LogP contribution in [0.25, 0.3) is 0 Å². The smallest absolute Gasteiger partial charge is 0.277 e. The zero-order valence-electron chi connectivity index (χ0n) is 17.2. The second-order valence-electron chi connectivity index (χ2n) is 7.08. The molecule has 11 heteroatoms. The normalized spacial score (nSPS) is 10.9. The summed E-state index contributed by atoms with van der Waals surface area (Å²) in [5.74, 6) is 0.426. The summed E-state index contributed by atoms with van der Waals surface area (Å²) < 4.78 is 8.84. The Bertz CT molecular complexity index is 1320. The van der Waals surface area contributed by atoms with Gasteiger partial charge in [0, 0.05) is 28.0 Å². The number of nitrogens with one attached hydrogen (secondary N) is 1. The van der Waals surface area contributed by atoms with Crippen LogP contribution in [0.2, 0.25) is 20.1 Å². The summed E-state index contributed by atoms with van der Waals surface area (Å²) in [4.78, 5) is 12.6. The molecule has 1 N–H and O–H groups in total. The van der Waals surface area contributed by atoms with Crippen LogP contribution in [0.1, 0.15) is 21.7 Å². The molecular formula is C22H17Cl4N5O2. The van der Waals surface area contributed by atoms with Gasteiger partial charge in [-0.1, -0.05) is 58.5 Å². The zero-order chi connectivity index (χ0) is 23.5. The standard InChI is InChI=1S/C22H17Cl4N5O2/c1-13-9-20(29-31(13)11-14-5-6-15(23)10-17(14)25)27-22(32)18-7-8-30(28-18)12-33-19-4-2-3-16(24)21(19)26/h2-10H,11-12H2,1H3,(H,27,29,32). The number of rotatable bonds is 7. The van der Waals surface area contributed by atoms with Crippen molar-refractivity contribution in [3.63, 3.8) is 0 Å². The number of hydrogen-bond acceptors (Lipinski definition) is 4. The van der Waals surface area contributed by atoms with Crippen LogP contribution in [0.3, 0.4) is 0 Å². The Morgan fingerprint density at radius 1 is 1.03 bits per heavy atom. The summed E-state index contributed by atoms with van der Waals surface area (Å²) >= 11 is 24.3. The third-order valence-corrected chi connectivity index (χ3v) is 6.09. The molecule has 0 atom stereocenters. The predicted octanol–water partition coefficient (Wildman–Crippen LogP) is 6.34. The van der Waals surface area contributed by atoms with E-state index in [4.69, 9.17) is 51.1 Å². The molecule has 0 aliphatic carbocycles. The second kappa shape index (κ2) is 10.1. The van der Waals surface area contributed by atoms with E-state index in [0.29, 0.717) is 38.2 Å². The average Bonchev–Trinajstić information content (AvgIpc) is 3.38. The van der Waals surface area contributed by atoms with E-state index in [1.54, 1.807) is 53.3 Å². The highest BCUT2D eigenvalue weighted by atomic mass is 35.5. The van der Waals surface area contributed by atoms with Crippen LogP contribution in [0.15, 0.2) is 54.7 Å². The third-order valence-electron chi connectivity index (χ3n) is 4.70. The second-order valence-corrected chi connectivity index (χ2v) is 8.71. The van der Waals surface area contributed by atoms with Gasteiger partial charge in [-0.3, -0.25) is 9.48 Å². The van der Waals surface area contributed by atoms with Crippen LogP contribution in [-0.2, 0) is 13.3 Å². The number of carbonyl (C=O) groups excluding carboxylic acids is 1. The molecule has 0 saturated carbocycles. The van der Waals surface area contributed by atoms with Crippen molar-refractivity contribution < 1.29 is 9.53 Å². The molecule has 1 amide bonds. The minimum atomic E-state index is -0.399. The number of amides is 1. The van der Waals surface area contributed by atoms with Crippen LogP contribution in [0.5, 0.6) is 5.75 Å². The number of carbonyl (C=O) groups is 1. The Morgan fingerprint density at radius 2 is 1.85 bits per heavy atom. The first-order valence-electron chi connectivity index (χ1n) is 9.70. The SMILES string of the molecule is Cc1cc(NC(=O)c2ccn(COc3cccc(Cl)c3Cl)n2)nn1Cc1ccc(Cl)cc1Cl. The lowest BCUT2D eigenvalue weighted by atomic mass is 10.2. The molecule has 0 bridgehead atoms. The molecule has 7 nitrogen and oxygen atoms in total. The van der Waals surface area contributed by atoms with Crippen LogP contribution in [0.4, 0.5) is 5.82 Å². The van der Waals surface area contributed by atoms with Gasteiger partial charge in [0.25, 0.3) is 5.91 Å². The number of anilines is 1. The molecule has 0 aliphatic heterocycles. The minimum Gasteiger partial charge on any atom is -0.470 e. The lowest BCUT2D eigenvalue weighted by molar-refractivity contribution is 0.101. The van der Waals surface area contributed by atoms with Gasteiger partial charge in [-0.15, -0.1) is 0 Å². The van der Waals surface area contributed by atoms with E-state index in [1.807, 2.05) is 13.0 Å². The van der Waals surface area contributed by atoms with Crippen molar-refractivity contribution in [3.8, 4) is 5.75 Å².